The topological polar surface area (TPSA) is 84.0 Å². The molecule has 0 bridgehead atoms. The third-order valence-corrected chi connectivity index (χ3v) is 8.82. The van der Waals surface area contributed by atoms with Gasteiger partial charge in [-0.2, -0.15) is 0 Å². The van der Waals surface area contributed by atoms with Crippen LogP contribution in [-0.2, 0) is 0 Å². The first kappa shape index (κ1) is 23.9. The summed E-state index contributed by atoms with van der Waals surface area (Å²) in [6.07, 6.45) is 8.48. The molecule has 2 aliphatic rings. The van der Waals surface area contributed by atoms with Gasteiger partial charge in [0.1, 0.15) is 5.69 Å². The molecule has 8 nitrogen and oxygen atoms in total. The highest BCUT2D eigenvalue weighted by atomic mass is 32.1. The second-order valence-corrected chi connectivity index (χ2v) is 11.3. The Hall–Kier alpha value is -3.46. The minimum absolute atomic E-state index is 0.110. The maximum absolute atomic E-state index is 13.6. The molecule has 37 heavy (non-hydrogen) atoms. The summed E-state index contributed by atoms with van der Waals surface area (Å²) >= 11 is 1.34. The van der Waals surface area contributed by atoms with E-state index in [1.807, 2.05) is 38.1 Å². The molecule has 0 N–H and O–H groups in total. The third kappa shape index (κ3) is 4.25. The van der Waals surface area contributed by atoms with Crippen LogP contribution >= 0.6 is 11.3 Å². The normalized spacial score (nSPS) is 17.3. The van der Waals surface area contributed by atoms with Crippen LogP contribution in [0, 0.1) is 24.0 Å². The summed E-state index contributed by atoms with van der Waals surface area (Å²) in [6.45, 7) is 7.58. The van der Waals surface area contributed by atoms with Crippen LogP contribution in [0.4, 0.5) is 17.1 Å². The molecule has 192 valence electrons. The van der Waals surface area contributed by atoms with E-state index < -0.39 is 0 Å². The smallest absolute Gasteiger partial charge is 0.293 e. The molecule has 0 unspecified atom stereocenters. The molecule has 0 amide bonds. The lowest BCUT2D eigenvalue weighted by Crippen LogP contribution is -2.32. The SMILES string of the molecule is Cc1cc2nc3sc(=Cc4cc([N+](=O)[O-])c(N5CCCCC5)cc4N4CCCCC4)c(=O)n3c2cc1C. The van der Waals surface area contributed by atoms with Gasteiger partial charge in [0.15, 0.2) is 4.96 Å². The molecule has 0 spiro atoms. The molecule has 2 aliphatic heterocycles. The molecule has 2 aromatic heterocycles. The lowest BCUT2D eigenvalue weighted by molar-refractivity contribution is -0.384. The van der Waals surface area contributed by atoms with E-state index >= 15 is 0 Å². The molecule has 4 aromatic rings. The quantitative estimate of drug-likeness (QED) is 0.281. The number of rotatable bonds is 4. The highest BCUT2D eigenvalue weighted by Crippen LogP contribution is 2.38. The summed E-state index contributed by atoms with van der Waals surface area (Å²) in [7, 11) is 0. The van der Waals surface area contributed by atoms with Crippen LogP contribution in [0.3, 0.4) is 0 Å². The molecule has 2 aromatic carbocycles. The minimum atomic E-state index is -0.279. The Morgan fingerprint density at radius 3 is 2.16 bits per heavy atom. The lowest BCUT2D eigenvalue weighted by atomic mass is 10.0. The summed E-state index contributed by atoms with van der Waals surface area (Å²) in [5, 5.41) is 12.2. The fourth-order valence-electron chi connectivity index (χ4n) is 5.70. The Balaban J connectivity index is 1.55. The molecule has 0 radical (unpaired) electrons. The highest BCUT2D eigenvalue weighted by Gasteiger charge is 2.26. The van der Waals surface area contributed by atoms with Crippen molar-refractivity contribution in [2.75, 3.05) is 36.0 Å². The van der Waals surface area contributed by atoms with Gasteiger partial charge in [-0.3, -0.25) is 14.9 Å². The average Bonchev–Trinajstić information content (AvgIpc) is 3.40. The van der Waals surface area contributed by atoms with E-state index in [0.29, 0.717) is 15.2 Å². The van der Waals surface area contributed by atoms with Gasteiger partial charge >= 0.3 is 0 Å². The number of nitro benzene ring substituents is 1. The molecule has 0 saturated carbocycles. The summed E-state index contributed by atoms with van der Waals surface area (Å²) < 4.78 is 2.22. The Labute approximate surface area is 219 Å². The number of fused-ring (bicyclic) bond motifs is 3. The van der Waals surface area contributed by atoms with Crippen LogP contribution in [0.1, 0.15) is 55.2 Å². The Morgan fingerprint density at radius 1 is 0.892 bits per heavy atom. The third-order valence-electron chi connectivity index (χ3n) is 7.85. The van der Waals surface area contributed by atoms with Crippen LogP contribution in [-0.4, -0.2) is 40.5 Å². The van der Waals surface area contributed by atoms with Crippen LogP contribution in [0.15, 0.2) is 29.1 Å². The van der Waals surface area contributed by atoms with E-state index in [1.165, 1.54) is 17.8 Å². The van der Waals surface area contributed by atoms with E-state index in [1.54, 1.807) is 10.5 Å². The van der Waals surface area contributed by atoms with Crippen LogP contribution in [0.25, 0.3) is 22.1 Å². The number of aromatic nitrogens is 2. The number of thiazole rings is 1. The van der Waals surface area contributed by atoms with Crippen LogP contribution < -0.4 is 19.9 Å². The second-order valence-electron chi connectivity index (χ2n) is 10.3. The number of nitrogens with zero attached hydrogens (tertiary/aromatic N) is 5. The van der Waals surface area contributed by atoms with Gasteiger partial charge in [0.05, 0.1) is 20.5 Å². The van der Waals surface area contributed by atoms with E-state index in [0.717, 1.165) is 91.7 Å². The van der Waals surface area contributed by atoms with Crippen molar-refractivity contribution >= 4 is 50.5 Å². The predicted octanol–water partition coefficient (Wildman–Crippen LogP) is 4.96. The van der Waals surface area contributed by atoms with Crippen molar-refractivity contribution in [1.82, 2.24) is 9.38 Å². The fourth-order valence-corrected chi connectivity index (χ4v) is 6.68. The zero-order valence-electron chi connectivity index (χ0n) is 21.3. The first-order chi connectivity index (χ1) is 17.9. The Bertz CT molecular complexity index is 1630. The zero-order valence-corrected chi connectivity index (χ0v) is 22.1. The second kappa shape index (κ2) is 9.45. The minimum Gasteiger partial charge on any atom is -0.371 e. The number of benzene rings is 2. The first-order valence-electron chi connectivity index (χ1n) is 13.2. The van der Waals surface area contributed by atoms with Gasteiger partial charge in [0.2, 0.25) is 0 Å². The maximum atomic E-state index is 13.6. The number of nitro groups is 1. The van der Waals surface area contributed by atoms with E-state index in [2.05, 4.69) is 9.80 Å². The summed E-state index contributed by atoms with van der Waals surface area (Å²) in [5.41, 5.74) is 6.27. The molecule has 0 aliphatic carbocycles. The van der Waals surface area contributed by atoms with E-state index in [9.17, 15) is 14.9 Å². The molecule has 4 heterocycles. The fraction of sp³-hybridized carbons (Fsp3) is 0.429. The molecule has 9 heteroatoms. The number of imidazole rings is 1. The van der Waals surface area contributed by atoms with Gasteiger partial charge in [-0.15, -0.1) is 0 Å². The van der Waals surface area contributed by atoms with Gasteiger partial charge < -0.3 is 9.80 Å². The van der Waals surface area contributed by atoms with Crippen molar-refractivity contribution in [3.8, 4) is 0 Å². The molecule has 0 atom stereocenters. The molecule has 2 saturated heterocycles. The monoisotopic (exact) mass is 517 g/mol. The van der Waals surface area contributed by atoms with Gasteiger partial charge in [0, 0.05) is 43.5 Å². The van der Waals surface area contributed by atoms with Crippen molar-refractivity contribution in [3.05, 3.63) is 66.0 Å². The van der Waals surface area contributed by atoms with Gasteiger partial charge in [-0.25, -0.2) is 9.38 Å². The predicted molar refractivity (Wildman–Crippen MR) is 150 cm³/mol. The number of hydrogen-bond acceptors (Lipinski definition) is 7. The Morgan fingerprint density at radius 2 is 1.51 bits per heavy atom. The lowest BCUT2D eigenvalue weighted by Gasteiger charge is -2.33. The summed E-state index contributed by atoms with van der Waals surface area (Å²) in [6, 6.07) is 7.72. The molecular formula is C28H31N5O3S. The number of hydrogen-bond donors (Lipinski definition) is 0. The van der Waals surface area contributed by atoms with Crippen molar-refractivity contribution in [1.29, 1.82) is 0 Å². The van der Waals surface area contributed by atoms with Crippen molar-refractivity contribution in [2.45, 2.75) is 52.4 Å². The highest BCUT2D eigenvalue weighted by molar-refractivity contribution is 7.15. The summed E-state index contributed by atoms with van der Waals surface area (Å²) in [4.78, 5) is 35.3. The average molecular weight is 518 g/mol. The van der Waals surface area contributed by atoms with Gasteiger partial charge in [0.25, 0.3) is 11.2 Å². The van der Waals surface area contributed by atoms with Gasteiger partial charge in [-0.1, -0.05) is 11.3 Å². The van der Waals surface area contributed by atoms with Gasteiger partial charge in [-0.05, 0) is 87.8 Å². The zero-order chi connectivity index (χ0) is 25.7. The van der Waals surface area contributed by atoms with Crippen molar-refractivity contribution < 1.29 is 4.92 Å². The van der Waals surface area contributed by atoms with Crippen molar-refractivity contribution in [3.63, 3.8) is 0 Å². The van der Waals surface area contributed by atoms with Crippen LogP contribution in [0.2, 0.25) is 0 Å². The number of anilines is 2. The molecule has 6 rings (SSSR count). The van der Waals surface area contributed by atoms with Crippen LogP contribution in [0.5, 0.6) is 0 Å². The first-order valence-corrected chi connectivity index (χ1v) is 14.0. The largest absolute Gasteiger partial charge is 0.371 e. The number of piperidine rings is 2. The maximum Gasteiger partial charge on any atom is 0.293 e. The van der Waals surface area contributed by atoms with E-state index in [4.69, 9.17) is 4.98 Å². The number of aryl methyl sites for hydroxylation is 2. The van der Waals surface area contributed by atoms with Crippen molar-refractivity contribution in [2.24, 2.45) is 0 Å². The Kier molecular flexibility index (Phi) is 6.10. The standard InChI is InChI=1S/C28H31N5O3S/c1-18-13-21-23(14-19(18)2)32-27(34)26(37-28(32)29-21)16-20-15-25(33(35)36)24(31-11-7-4-8-12-31)17-22(20)30-9-5-3-6-10-30/h13-17H,3-12H2,1-2H3. The van der Waals surface area contributed by atoms with E-state index in [-0.39, 0.29) is 16.2 Å². The molecular weight excluding hydrogens is 486 g/mol. The summed E-state index contributed by atoms with van der Waals surface area (Å²) in [5.74, 6) is 0. The molecule has 2 fully saturated rings.